The second-order valence-electron chi connectivity index (χ2n) is 5.50. The molecule has 0 unspecified atom stereocenters. The van der Waals surface area contributed by atoms with Crippen LogP contribution in [0, 0.1) is 42.7 Å². The van der Waals surface area contributed by atoms with Gasteiger partial charge >= 0.3 is 5.82 Å². The molecule has 0 bridgehead atoms. The molecule has 0 amide bonds. The van der Waals surface area contributed by atoms with Crippen LogP contribution in [0.2, 0.25) is 0 Å². The SMILES string of the molecule is [C-]#[N+]C([N+]#[C-])=C1/C(=C/c2cc(C)cs2)C(=O)c2cc(C#N)c(C#N)cc21. The molecule has 26 heavy (non-hydrogen) atoms. The summed E-state index contributed by atoms with van der Waals surface area (Å²) in [6, 6.07) is 8.52. The number of thiophene rings is 1. The van der Waals surface area contributed by atoms with Gasteiger partial charge in [-0.3, -0.25) is 4.79 Å². The molecule has 120 valence electrons. The summed E-state index contributed by atoms with van der Waals surface area (Å²) < 4.78 is 0. The number of carbonyl (C=O) groups is 1. The number of carbonyl (C=O) groups excluding carboxylic acids is 1. The third-order valence-electron chi connectivity index (χ3n) is 3.90. The van der Waals surface area contributed by atoms with Crippen molar-refractivity contribution in [3.8, 4) is 12.1 Å². The minimum absolute atomic E-state index is 0.0966. The van der Waals surface area contributed by atoms with Crippen LogP contribution in [-0.2, 0) is 0 Å². The van der Waals surface area contributed by atoms with Gasteiger partial charge in [0.25, 0.3) is 0 Å². The van der Waals surface area contributed by atoms with E-state index in [1.165, 1.54) is 23.5 Å². The van der Waals surface area contributed by atoms with Crippen molar-refractivity contribution in [2.45, 2.75) is 6.92 Å². The number of hydrogen-bond donors (Lipinski definition) is 0. The van der Waals surface area contributed by atoms with Gasteiger partial charge in [-0.2, -0.15) is 20.2 Å². The van der Waals surface area contributed by atoms with Gasteiger partial charge in [0.05, 0.1) is 16.7 Å². The molecule has 3 rings (SSSR count). The monoisotopic (exact) mass is 352 g/mol. The van der Waals surface area contributed by atoms with E-state index in [0.717, 1.165) is 10.4 Å². The van der Waals surface area contributed by atoms with Crippen LogP contribution in [0.3, 0.4) is 0 Å². The molecule has 0 fully saturated rings. The first-order chi connectivity index (χ1) is 12.5. The normalized spacial score (nSPS) is 13.5. The van der Waals surface area contributed by atoms with Gasteiger partial charge in [-0.15, -0.1) is 11.3 Å². The average Bonchev–Trinajstić information content (AvgIpc) is 3.18. The quantitative estimate of drug-likeness (QED) is 0.557. The van der Waals surface area contributed by atoms with Gasteiger partial charge in [0.1, 0.15) is 25.3 Å². The number of rotatable bonds is 1. The standard InChI is InChI=1S/C20H8N4OS/c1-11-4-14(26-10-11)7-17-18(20(23-2)24-3)15-5-12(8-21)13(9-22)6-16(15)19(17)25/h4-7,10H,1H3/b17-7-. The van der Waals surface area contributed by atoms with Crippen LogP contribution in [0.5, 0.6) is 0 Å². The highest BCUT2D eigenvalue weighted by Gasteiger charge is 2.37. The highest BCUT2D eigenvalue weighted by atomic mass is 32.1. The number of aryl methyl sites for hydroxylation is 1. The van der Waals surface area contributed by atoms with E-state index in [1.54, 1.807) is 6.08 Å². The second-order valence-corrected chi connectivity index (χ2v) is 6.45. The Morgan fingerprint density at radius 1 is 1.12 bits per heavy atom. The highest BCUT2D eigenvalue weighted by Crippen LogP contribution is 2.42. The third-order valence-corrected chi connectivity index (χ3v) is 4.90. The van der Waals surface area contributed by atoms with Gasteiger partial charge < -0.3 is 0 Å². The predicted octanol–water partition coefficient (Wildman–Crippen LogP) is 4.59. The Morgan fingerprint density at radius 2 is 1.73 bits per heavy atom. The zero-order valence-electron chi connectivity index (χ0n) is 13.5. The smallest absolute Gasteiger partial charge is 0.289 e. The van der Waals surface area contributed by atoms with Crippen molar-refractivity contribution < 1.29 is 4.79 Å². The number of benzene rings is 1. The second kappa shape index (κ2) is 6.50. The summed E-state index contributed by atoms with van der Waals surface area (Å²) in [5.41, 5.74) is 2.31. The minimum Gasteiger partial charge on any atom is -0.289 e. The van der Waals surface area contributed by atoms with Crippen LogP contribution >= 0.6 is 11.3 Å². The molecule has 0 radical (unpaired) electrons. The maximum atomic E-state index is 12.9. The van der Waals surface area contributed by atoms with E-state index in [-0.39, 0.29) is 39.4 Å². The fraction of sp³-hybridized carbons (Fsp3) is 0.0500. The van der Waals surface area contributed by atoms with Crippen molar-refractivity contribution in [1.29, 1.82) is 10.5 Å². The van der Waals surface area contributed by atoms with Crippen molar-refractivity contribution in [3.05, 3.63) is 90.5 Å². The number of ketones is 1. The number of hydrogen-bond acceptors (Lipinski definition) is 4. The molecule has 1 heterocycles. The first kappa shape index (κ1) is 16.9. The highest BCUT2D eigenvalue weighted by molar-refractivity contribution is 7.11. The molecule has 1 aliphatic rings. The van der Waals surface area contributed by atoms with Gasteiger partial charge in [-0.25, -0.2) is 0 Å². The third kappa shape index (κ3) is 2.58. The lowest BCUT2D eigenvalue weighted by Gasteiger charge is -2.00. The Kier molecular flexibility index (Phi) is 4.22. The van der Waals surface area contributed by atoms with E-state index >= 15 is 0 Å². The van der Waals surface area contributed by atoms with E-state index in [0.29, 0.717) is 5.56 Å². The summed E-state index contributed by atoms with van der Waals surface area (Å²) in [5.74, 6) is -0.586. The van der Waals surface area contributed by atoms with E-state index < -0.39 is 0 Å². The molecule has 0 saturated heterocycles. The van der Waals surface area contributed by atoms with E-state index in [1.807, 2.05) is 30.5 Å². The van der Waals surface area contributed by atoms with Gasteiger partial charge in [0.15, 0.2) is 5.78 Å². The predicted molar refractivity (Wildman–Crippen MR) is 97.4 cm³/mol. The van der Waals surface area contributed by atoms with Gasteiger partial charge in [-0.05, 0) is 47.7 Å². The maximum Gasteiger partial charge on any atom is 0.528 e. The van der Waals surface area contributed by atoms with Crippen LogP contribution in [0.4, 0.5) is 0 Å². The largest absolute Gasteiger partial charge is 0.528 e. The molecule has 1 aromatic carbocycles. The molecule has 1 aromatic heterocycles. The summed E-state index contributed by atoms with van der Waals surface area (Å²) in [5, 5.41) is 20.4. The lowest BCUT2D eigenvalue weighted by atomic mass is 9.99. The Hall–Kier alpha value is -3.97. The van der Waals surface area contributed by atoms with Crippen LogP contribution in [0.1, 0.15) is 37.5 Å². The summed E-state index contributed by atoms with van der Waals surface area (Å²) >= 11 is 1.45. The number of Topliss-reactive ketones (excluding diaryl/α,β-unsaturated/α-hetero) is 1. The number of nitriles is 2. The van der Waals surface area contributed by atoms with Crippen molar-refractivity contribution in [2.75, 3.05) is 0 Å². The molecular formula is C20H8N4OS. The molecule has 0 spiro atoms. The lowest BCUT2D eigenvalue weighted by molar-refractivity contribution is 0.104. The van der Waals surface area contributed by atoms with Crippen LogP contribution < -0.4 is 0 Å². The molecule has 2 aromatic rings. The fourth-order valence-corrected chi connectivity index (χ4v) is 3.60. The average molecular weight is 352 g/mol. The van der Waals surface area contributed by atoms with E-state index in [4.69, 9.17) is 13.1 Å². The fourth-order valence-electron chi connectivity index (χ4n) is 2.77. The van der Waals surface area contributed by atoms with E-state index in [2.05, 4.69) is 9.69 Å². The summed E-state index contributed by atoms with van der Waals surface area (Å²) in [7, 11) is 0. The van der Waals surface area contributed by atoms with Gasteiger partial charge in [0, 0.05) is 16.0 Å². The molecule has 0 aliphatic heterocycles. The van der Waals surface area contributed by atoms with Crippen molar-refractivity contribution in [1.82, 2.24) is 0 Å². The minimum atomic E-state index is -0.355. The summed E-state index contributed by atoms with van der Waals surface area (Å²) in [4.78, 5) is 20.3. The summed E-state index contributed by atoms with van der Waals surface area (Å²) in [6.07, 6.45) is 1.66. The maximum absolute atomic E-state index is 12.9. The molecule has 0 N–H and O–H groups in total. The van der Waals surface area contributed by atoms with Crippen LogP contribution in [0.25, 0.3) is 21.3 Å². The molecule has 1 aliphatic carbocycles. The van der Waals surface area contributed by atoms with Gasteiger partial charge in [-0.1, -0.05) is 0 Å². The summed E-state index contributed by atoms with van der Waals surface area (Å²) in [6.45, 7) is 16.5. The molecular weight excluding hydrogens is 344 g/mol. The molecule has 0 atom stereocenters. The number of fused-ring (bicyclic) bond motifs is 1. The molecule has 0 saturated carbocycles. The van der Waals surface area contributed by atoms with Crippen LogP contribution in [-0.4, -0.2) is 5.78 Å². The van der Waals surface area contributed by atoms with Crippen molar-refractivity contribution >= 4 is 28.8 Å². The Labute approximate surface area is 154 Å². The Morgan fingerprint density at radius 3 is 2.23 bits per heavy atom. The lowest BCUT2D eigenvalue weighted by Crippen LogP contribution is -1.96. The number of nitrogens with zero attached hydrogens (tertiary/aromatic N) is 4. The number of allylic oxidation sites excluding steroid dienone is 2. The molecule has 5 nitrogen and oxygen atoms in total. The van der Waals surface area contributed by atoms with Crippen molar-refractivity contribution in [3.63, 3.8) is 0 Å². The first-order valence-electron chi connectivity index (χ1n) is 7.33. The Bertz CT molecular complexity index is 1180. The first-order valence-corrected chi connectivity index (χ1v) is 8.21. The zero-order chi connectivity index (χ0) is 18.8. The van der Waals surface area contributed by atoms with Gasteiger partial charge in [0.2, 0.25) is 0 Å². The van der Waals surface area contributed by atoms with Crippen LogP contribution in [0.15, 0.2) is 35.0 Å². The molecule has 6 heteroatoms. The van der Waals surface area contributed by atoms with E-state index in [9.17, 15) is 15.3 Å². The Balaban J connectivity index is 2.37. The zero-order valence-corrected chi connectivity index (χ0v) is 14.3. The van der Waals surface area contributed by atoms with Crippen molar-refractivity contribution in [2.24, 2.45) is 0 Å². The topological polar surface area (TPSA) is 73.4 Å².